The Morgan fingerprint density at radius 3 is 2.56 bits per heavy atom. The van der Waals surface area contributed by atoms with Crippen molar-refractivity contribution in [2.45, 2.75) is 19.4 Å². The van der Waals surface area contributed by atoms with Crippen LogP contribution in [0.2, 0.25) is 0 Å². The molecule has 5 nitrogen and oxygen atoms in total. The molecule has 3 aromatic rings. The first kappa shape index (κ1) is 18.9. The van der Waals surface area contributed by atoms with Crippen LogP contribution >= 0.6 is 11.3 Å². The van der Waals surface area contributed by atoms with E-state index >= 15 is 0 Å². The van der Waals surface area contributed by atoms with Gasteiger partial charge < -0.3 is 14.2 Å². The smallest absolute Gasteiger partial charge is 0.306 e. The van der Waals surface area contributed by atoms with Crippen LogP contribution in [0, 0.1) is 0 Å². The lowest BCUT2D eigenvalue weighted by atomic mass is 10.1. The van der Waals surface area contributed by atoms with Crippen LogP contribution in [0.5, 0.6) is 11.5 Å². The number of benzene rings is 2. The van der Waals surface area contributed by atoms with Gasteiger partial charge in [0.2, 0.25) is 0 Å². The van der Waals surface area contributed by atoms with E-state index in [1.165, 1.54) is 11.3 Å². The molecule has 0 aliphatic rings. The molecule has 0 aliphatic heterocycles. The van der Waals surface area contributed by atoms with Crippen LogP contribution in [-0.2, 0) is 22.6 Å². The van der Waals surface area contributed by atoms with E-state index in [0.29, 0.717) is 12.8 Å². The molecule has 0 atom stereocenters. The summed E-state index contributed by atoms with van der Waals surface area (Å²) in [6.45, 7) is 0.182. The average Bonchev–Trinajstić information content (AvgIpc) is 3.20. The fourth-order valence-electron chi connectivity index (χ4n) is 2.53. The Labute approximate surface area is 162 Å². The lowest BCUT2D eigenvalue weighted by Gasteiger charge is -2.04. The minimum Gasteiger partial charge on any atom is -0.497 e. The largest absolute Gasteiger partial charge is 0.497 e. The van der Waals surface area contributed by atoms with Crippen LogP contribution in [0.15, 0.2) is 53.9 Å². The van der Waals surface area contributed by atoms with E-state index in [4.69, 9.17) is 14.2 Å². The van der Waals surface area contributed by atoms with E-state index in [1.54, 1.807) is 14.2 Å². The molecule has 0 saturated carbocycles. The number of carbonyl (C=O) groups excluding carboxylic acids is 1. The molecule has 0 aliphatic carbocycles. The van der Waals surface area contributed by atoms with Crippen LogP contribution in [0.3, 0.4) is 0 Å². The molecule has 1 heterocycles. The fourth-order valence-corrected chi connectivity index (χ4v) is 3.33. The van der Waals surface area contributed by atoms with Gasteiger partial charge in [0, 0.05) is 17.4 Å². The molecule has 0 spiro atoms. The maximum absolute atomic E-state index is 12.0. The summed E-state index contributed by atoms with van der Waals surface area (Å²) >= 11 is 1.52. The molecule has 0 unspecified atom stereocenters. The third-order valence-corrected chi connectivity index (χ3v) is 4.97. The number of rotatable bonds is 8. The summed E-state index contributed by atoms with van der Waals surface area (Å²) in [5, 5.41) is 2.78. The van der Waals surface area contributed by atoms with E-state index in [0.717, 1.165) is 33.3 Å². The molecule has 2 aromatic carbocycles. The Balaban J connectivity index is 1.49. The maximum atomic E-state index is 12.0. The fraction of sp³-hybridized carbons (Fsp3) is 0.238. The molecule has 0 N–H and O–H groups in total. The lowest BCUT2D eigenvalue weighted by Crippen LogP contribution is -2.06. The third-order valence-electron chi connectivity index (χ3n) is 4.03. The predicted molar refractivity (Wildman–Crippen MR) is 105 cm³/mol. The lowest BCUT2D eigenvalue weighted by molar-refractivity contribution is -0.145. The molecule has 0 amide bonds. The summed E-state index contributed by atoms with van der Waals surface area (Å²) in [5.41, 5.74) is 2.80. The summed E-state index contributed by atoms with van der Waals surface area (Å²) in [7, 11) is 3.27. The summed E-state index contributed by atoms with van der Waals surface area (Å²) in [4.78, 5) is 16.5. The zero-order chi connectivity index (χ0) is 19.1. The van der Waals surface area contributed by atoms with E-state index in [9.17, 15) is 4.79 Å². The monoisotopic (exact) mass is 383 g/mol. The maximum Gasteiger partial charge on any atom is 0.306 e. The molecule has 3 rings (SSSR count). The quantitative estimate of drug-likeness (QED) is 0.536. The Kier molecular flexibility index (Phi) is 6.44. The van der Waals surface area contributed by atoms with E-state index in [1.807, 2.05) is 53.9 Å². The van der Waals surface area contributed by atoms with Gasteiger partial charge in [-0.05, 0) is 36.2 Å². The van der Waals surface area contributed by atoms with E-state index in [2.05, 4.69) is 4.98 Å². The van der Waals surface area contributed by atoms with Crippen LogP contribution in [0.1, 0.15) is 17.7 Å². The molecule has 6 heteroatoms. The molecule has 27 heavy (non-hydrogen) atoms. The van der Waals surface area contributed by atoms with E-state index in [-0.39, 0.29) is 12.6 Å². The summed E-state index contributed by atoms with van der Waals surface area (Å²) < 4.78 is 15.7. The van der Waals surface area contributed by atoms with Crippen molar-refractivity contribution in [3.05, 3.63) is 65.2 Å². The normalized spacial score (nSPS) is 10.4. The zero-order valence-corrected chi connectivity index (χ0v) is 16.1. The van der Waals surface area contributed by atoms with Gasteiger partial charge in [-0.3, -0.25) is 4.79 Å². The van der Waals surface area contributed by atoms with Crippen molar-refractivity contribution in [2.75, 3.05) is 14.2 Å². The molecule has 0 saturated heterocycles. The van der Waals surface area contributed by atoms with Crippen LogP contribution < -0.4 is 9.47 Å². The third kappa shape index (κ3) is 5.31. The Morgan fingerprint density at radius 1 is 1.04 bits per heavy atom. The minimum absolute atomic E-state index is 0.182. The first-order valence-electron chi connectivity index (χ1n) is 8.55. The number of thiazole rings is 1. The first-order chi connectivity index (χ1) is 13.2. The molecule has 140 valence electrons. The van der Waals surface area contributed by atoms with Crippen molar-refractivity contribution < 1.29 is 19.0 Å². The summed E-state index contributed by atoms with van der Waals surface area (Å²) in [6, 6.07) is 15.4. The Hall–Kier alpha value is -2.86. The Bertz CT molecular complexity index is 889. The molecular weight excluding hydrogens is 362 g/mol. The van der Waals surface area contributed by atoms with Crippen molar-refractivity contribution in [3.8, 4) is 22.1 Å². The SMILES string of the molecule is COc1ccc(CCC(=O)OCc2csc(-c3cccc(OC)c3)n2)cc1. The van der Waals surface area contributed by atoms with Gasteiger partial charge in [-0.25, -0.2) is 4.98 Å². The molecule has 0 bridgehead atoms. The topological polar surface area (TPSA) is 57.7 Å². The highest BCUT2D eigenvalue weighted by molar-refractivity contribution is 7.13. The molecule has 0 radical (unpaired) electrons. The van der Waals surface area contributed by atoms with Gasteiger partial charge in [-0.2, -0.15) is 0 Å². The number of carbonyl (C=O) groups is 1. The van der Waals surface area contributed by atoms with Crippen molar-refractivity contribution >= 4 is 17.3 Å². The zero-order valence-electron chi connectivity index (χ0n) is 15.3. The van der Waals surface area contributed by atoms with E-state index < -0.39 is 0 Å². The highest BCUT2D eigenvalue weighted by Gasteiger charge is 2.09. The van der Waals surface area contributed by atoms with Crippen LogP contribution in [0.4, 0.5) is 0 Å². The number of methoxy groups -OCH3 is 2. The van der Waals surface area contributed by atoms with Gasteiger partial charge in [0.15, 0.2) is 0 Å². The second-order valence-corrected chi connectivity index (χ2v) is 6.74. The average molecular weight is 383 g/mol. The highest BCUT2D eigenvalue weighted by Crippen LogP contribution is 2.27. The number of esters is 1. The van der Waals surface area contributed by atoms with Gasteiger partial charge in [0.05, 0.1) is 19.9 Å². The van der Waals surface area contributed by atoms with Crippen molar-refractivity contribution in [1.29, 1.82) is 0 Å². The number of ether oxygens (including phenoxy) is 3. The second kappa shape index (κ2) is 9.19. The van der Waals surface area contributed by atoms with Gasteiger partial charge in [0.25, 0.3) is 0 Å². The second-order valence-electron chi connectivity index (χ2n) is 5.88. The van der Waals surface area contributed by atoms with Crippen molar-refractivity contribution in [2.24, 2.45) is 0 Å². The number of aryl methyl sites for hydroxylation is 1. The van der Waals surface area contributed by atoms with Gasteiger partial charge >= 0.3 is 5.97 Å². The predicted octanol–water partition coefficient (Wildman–Crippen LogP) is 4.50. The van der Waals surface area contributed by atoms with Gasteiger partial charge in [-0.1, -0.05) is 24.3 Å². The van der Waals surface area contributed by atoms with Crippen molar-refractivity contribution in [3.63, 3.8) is 0 Å². The first-order valence-corrected chi connectivity index (χ1v) is 9.43. The highest BCUT2D eigenvalue weighted by atomic mass is 32.1. The number of aromatic nitrogens is 1. The van der Waals surface area contributed by atoms with Crippen LogP contribution in [-0.4, -0.2) is 25.2 Å². The number of nitrogens with zero attached hydrogens (tertiary/aromatic N) is 1. The molecule has 1 aromatic heterocycles. The van der Waals surface area contributed by atoms with Gasteiger partial charge in [-0.15, -0.1) is 11.3 Å². The number of hydrogen-bond acceptors (Lipinski definition) is 6. The molecule has 0 fully saturated rings. The van der Waals surface area contributed by atoms with Crippen LogP contribution in [0.25, 0.3) is 10.6 Å². The molecular formula is C21H21NO4S. The van der Waals surface area contributed by atoms with Crippen molar-refractivity contribution in [1.82, 2.24) is 4.98 Å². The van der Waals surface area contributed by atoms with Gasteiger partial charge in [0.1, 0.15) is 23.1 Å². The number of hydrogen-bond donors (Lipinski definition) is 0. The Morgan fingerprint density at radius 2 is 1.81 bits per heavy atom. The summed E-state index contributed by atoms with van der Waals surface area (Å²) in [6.07, 6.45) is 0.966. The standard InChI is InChI=1S/C21H21NO4S/c1-24-18-9-6-15(7-10-18)8-11-20(23)26-13-17-14-27-21(22-17)16-4-3-5-19(12-16)25-2/h3-7,9-10,12,14H,8,11,13H2,1-2H3. The summed E-state index contributed by atoms with van der Waals surface area (Å²) in [5.74, 6) is 1.35. The minimum atomic E-state index is -0.234.